The third kappa shape index (κ3) is 6.35. The van der Waals surface area contributed by atoms with Gasteiger partial charge in [-0.2, -0.15) is 0 Å². The number of benzene rings is 2. The highest BCUT2D eigenvalue weighted by atomic mass is 35.5. The predicted octanol–water partition coefficient (Wildman–Crippen LogP) is 9.58. The van der Waals surface area contributed by atoms with E-state index in [2.05, 4.69) is 11.4 Å². The summed E-state index contributed by atoms with van der Waals surface area (Å²) in [6, 6.07) is 9.99. The van der Waals surface area contributed by atoms with Crippen LogP contribution in [0.1, 0.15) is 100 Å². The van der Waals surface area contributed by atoms with E-state index in [9.17, 15) is 9.90 Å². The molecule has 41 heavy (non-hydrogen) atoms. The standard InChI is InChI=1S/C35H43ClN2O3/c1-41-32-20-26(19-30(36)35(32)40)25-16-17-31-28(18-25)33(29(21-37-31)34(39)24-14-15-24)38-27-12-6-10-23(11-7-13-27)22-8-4-2-3-5-9-22/h16-24,27,40H,2-15H2,1H3,(H,37,38). The number of Topliss-reactive ketones (excluding diaryl/α,β-unsaturated/α-hetero) is 1. The number of anilines is 1. The zero-order valence-electron chi connectivity index (χ0n) is 24.3. The summed E-state index contributed by atoms with van der Waals surface area (Å²) in [6.45, 7) is 0. The Kier molecular flexibility index (Phi) is 8.71. The Labute approximate surface area is 249 Å². The quantitative estimate of drug-likeness (QED) is 0.217. The second-order valence-electron chi connectivity index (χ2n) is 12.6. The number of aromatic nitrogens is 1. The number of fused-ring (bicyclic) bond motifs is 1. The van der Waals surface area contributed by atoms with Gasteiger partial charge in [0.05, 0.1) is 28.9 Å². The Hall–Kier alpha value is -2.79. The number of carbonyl (C=O) groups is 1. The summed E-state index contributed by atoms with van der Waals surface area (Å²) >= 11 is 6.33. The summed E-state index contributed by atoms with van der Waals surface area (Å²) in [5.41, 5.74) is 4.28. The molecule has 3 aliphatic rings. The molecule has 1 aromatic heterocycles. The molecular formula is C35H43ClN2O3. The summed E-state index contributed by atoms with van der Waals surface area (Å²) in [5, 5.41) is 15.3. The van der Waals surface area contributed by atoms with E-state index in [1.807, 2.05) is 12.1 Å². The maximum Gasteiger partial charge on any atom is 0.176 e. The Morgan fingerprint density at radius 2 is 1.56 bits per heavy atom. The van der Waals surface area contributed by atoms with Gasteiger partial charge in [0.1, 0.15) is 0 Å². The van der Waals surface area contributed by atoms with Crippen LogP contribution >= 0.6 is 11.6 Å². The van der Waals surface area contributed by atoms with Crippen LogP contribution in [0.4, 0.5) is 5.69 Å². The number of hydrogen-bond donors (Lipinski definition) is 2. The first-order valence-electron chi connectivity index (χ1n) is 15.8. The van der Waals surface area contributed by atoms with Crippen molar-refractivity contribution in [1.82, 2.24) is 4.98 Å². The molecule has 2 N–H and O–H groups in total. The maximum absolute atomic E-state index is 13.5. The molecule has 6 heteroatoms. The molecule has 3 aliphatic carbocycles. The first kappa shape index (κ1) is 28.3. The van der Waals surface area contributed by atoms with Gasteiger partial charge in [0.15, 0.2) is 17.3 Å². The van der Waals surface area contributed by atoms with E-state index in [4.69, 9.17) is 21.3 Å². The van der Waals surface area contributed by atoms with Crippen molar-refractivity contribution >= 4 is 34.0 Å². The number of phenolic OH excluding ortho intramolecular Hbond substituents is 1. The number of halogens is 1. The topological polar surface area (TPSA) is 71.5 Å². The number of ether oxygens (including phenoxy) is 1. The first-order valence-corrected chi connectivity index (χ1v) is 16.2. The number of rotatable bonds is 7. The number of methoxy groups -OCH3 is 1. The normalized spacial score (nSPS) is 22.5. The van der Waals surface area contributed by atoms with E-state index in [-0.39, 0.29) is 22.5 Å². The number of carbonyl (C=O) groups excluding carboxylic acids is 1. The summed E-state index contributed by atoms with van der Waals surface area (Å²) < 4.78 is 5.35. The molecule has 3 saturated carbocycles. The first-order chi connectivity index (χ1) is 20.0. The van der Waals surface area contributed by atoms with Crippen LogP contribution in [0.3, 0.4) is 0 Å². The van der Waals surface area contributed by atoms with E-state index in [0.717, 1.165) is 70.8 Å². The smallest absolute Gasteiger partial charge is 0.176 e. The molecule has 0 saturated heterocycles. The number of nitrogens with one attached hydrogen (secondary N) is 1. The molecule has 5 nitrogen and oxygen atoms in total. The molecule has 3 aromatic rings. The van der Waals surface area contributed by atoms with Crippen LogP contribution in [0.5, 0.6) is 11.5 Å². The third-order valence-corrected chi connectivity index (χ3v) is 10.1. The van der Waals surface area contributed by atoms with Crippen molar-refractivity contribution in [1.29, 1.82) is 0 Å². The lowest BCUT2D eigenvalue weighted by molar-refractivity contribution is 0.0968. The number of pyridine rings is 1. The minimum absolute atomic E-state index is 0.0643. The molecule has 0 radical (unpaired) electrons. The molecular weight excluding hydrogens is 532 g/mol. The Morgan fingerprint density at radius 1 is 0.878 bits per heavy atom. The van der Waals surface area contributed by atoms with Gasteiger partial charge in [0.2, 0.25) is 0 Å². The lowest BCUT2D eigenvalue weighted by atomic mass is 9.77. The minimum atomic E-state index is -0.0643. The van der Waals surface area contributed by atoms with Crippen LogP contribution in [-0.4, -0.2) is 29.0 Å². The van der Waals surface area contributed by atoms with E-state index >= 15 is 0 Å². The van der Waals surface area contributed by atoms with Crippen molar-refractivity contribution in [2.24, 2.45) is 17.8 Å². The Bertz CT molecular complexity index is 1380. The zero-order valence-corrected chi connectivity index (χ0v) is 25.0. The number of nitrogens with zero attached hydrogens (tertiary/aromatic N) is 1. The fourth-order valence-corrected chi connectivity index (χ4v) is 7.53. The van der Waals surface area contributed by atoms with Gasteiger partial charge in [-0.15, -0.1) is 0 Å². The average Bonchev–Trinajstić information content (AvgIpc) is 3.83. The van der Waals surface area contributed by atoms with E-state index in [0.29, 0.717) is 11.8 Å². The number of phenols is 1. The number of aromatic hydroxyl groups is 1. The van der Waals surface area contributed by atoms with E-state index in [1.54, 1.807) is 18.3 Å². The fourth-order valence-electron chi connectivity index (χ4n) is 7.32. The van der Waals surface area contributed by atoms with Crippen LogP contribution in [-0.2, 0) is 0 Å². The molecule has 3 fully saturated rings. The van der Waals surface area contributed by atoms with E-state index < -0.39 is 0 Å². The van der Waals surface area contributed by atoms with Crippen LogP contribution in [0.25, 0.3) is 22.0 Å². The lowest BCUT2D eigenvalue weighted by Gasteiger charge is -2.31. The van der Waals surface area contributed by atoms with Crippen molar-refractivity contribution < 1.29 is 14.6 Å². The fraction of sp³-hybridized carbons (Fsp3) is 0.543. The van der Waals surface area contributed by atoms with Gasteiger partial charge in [-0.25, -0.2) is 0 Å². The predicted molar refractivity (Wildman–Crippen MR) is 167 cm³/mol. The van der Waals surface area contributed by atoms with Crippen LogP contribution in [0, 0.1) is 17.8 Å². The molecule has 6 rings (SSSR count). The minimum Gasteiger partial charge on any atom is -0.503 e. The Balaban J connectivity index is 1.29. The van der Waals surface area contributed by atoms with Crippen LogP contribution < -0.4 is 10.1 Å². The molecule has 0 spiro atoms. The van der Waals surface area contributed by atoms with Gasteiger partial charge < -0.3 is 15.2 Å². The van der Waals surface area contributed by atoms with Gasteiger partial charge in [0, 0.05) is 23.5 Å². The van der Waals surface area contributed by atoms with Crippen molar-refractivity contribution in [3.05, 3.63) is 47.1 Å². The lowest BCUT2D eigenvalue weighted by Crippen LogP contribution is -2.25. The van der Waals surface area contributed by atoms with Crippen molar-refractivity contribution in [3.8, 4) is 22.6 Å². The van der Waals surface area contributed by atoms with Gasteiger partial charge >= 0.3 is 0 Å². The molecule has 0 aliphatic heterocycles. The summed E-state index contributed by atoms with van der Waals surface area (Å²) in [6.07, 6.45) is 19.7. The molecule has 218 valence electrons. The number of hydrogen-bond acceptors (Lipinski definition) is 5. The van der Waals surface area contributed by atoms with Gasteiger partial charge in [-0.05, 0) is 72.9 Å². The summed E-state index contributed by atoms with van der Waals surface area (Å²) in [5.74, 6) is 2.42. The van der Waals surface area contributed by atoms with Crippen molar-refractivity contribution in [2.75, 3.05) is 12.4 Å². The zero-order chi connectivity index (χ0) is 28.3. The highest BCUT2D eigenvalue weighted by Crippen LogP contribution is 2.42. The average molecular weight is 575 g/mol. The molecule has 0 atom stereocenters. The molecule has 0 amide bonds. The molecule has 0 unspecified atom stereocenters. The highest BCUT2D eigenvalue weighted by molar-refractivity contribution is 6.32. The third-order valence-electron chi connectivity index (χ3n) is 9.83. The second kappa shape index (κ2) is 12.6. The Morgan fingerprint density at radius 3 is 2.22 bits per heavy atom. The summed E-state index contributed by atoms with van der Waals surface area (Å²) in [4.78, 5) is 18.2. The largest absolute Gasteiger partial charge is 0.503 e. The molecule has 2 aromatic carbocycles. The van der Waals surface area contributed by atoms with Crippen LogP contribution in [0.15, 0.2) is 36.5 Å². The molecule has 1 heterocycles. The monoisotopic (exact) mass is 574 g/mol. The van der Waals surface area contributed by atoms with Gasteiger partial charge in [0.25, 0.3) is 0 Å². The summed E-state index contributed by atoms with van der Waals surface area (Å²) in [7, 11) is 1.52. The van der Waals surface area contributed by atoms with E-state index in [1.165, 1.54) is 71.3 Å². The van der Waals surface area contributed by atoms with Crippen molar-refractivity contribution in [2.45, 2.75) is 95.9 Å². The maximum atomic E-state index is 13.5. The highest BCUT2D eigenvalue weighted by Gasteiger charge is 2.33. The van der Waals surface area contributed by atoms with Gasteiger partial charge in [-0.1, -0.05) is 81.9 Å². The SMILES string of the molecule is COc1cc(-c2ccc3ncc(C(=O)C4CC4)c(NC4CCCC(C5CCCCCC5)CCC4)c3c2)cc(Cl)c1O. The second-order valence-corrected chi connectivity index (χ2v) is 13.0. The van der Waals surface area contributed by atoms with Crippen molar-refractivity contribution in [3.63, 3.8) is 0 Å². The van der Waals surface area contributed by atoms with Gasteiger partial charge in [-0.3, -0.25) is 9.78 Å². The number of ketones is 1. The van der Waals surface area contributed by atoms with Crippen LogP contribution in [0.2, 0.25) is 5.02 Å². The molecule has 0 bridgehead atoms.